The molecule has 3 heteroatoms. The Bertz CT molecular complexity index is 405. The Balaban J connectivity index is 2.23. The molecule has 19 heavy (non-hydrogen) atoms. The fraction of sp³-hybridized carbons (Fsp3) is 0.625. The van der Waals surface area contributed by atoms with Gasteiger partial charge in [0, 0.05) is 25.7 Å². The fourth-order valence-electron chi connectivity index (χ4n) is 3.14. The molecule has 1 aromatic carbocycles. The lowest BCUT2D eigenvalue weighted by molar-refractivity contribution is 0.0102. The average Bonchev–Trinajstić information content (AvgIpc) is 2.41. The second-order valence-electron chi connectivity index (χ2n) is 5.66. The minimum atomic E-state index is 0.122. The van der Waals surface area contributed by atoms with Gasteiger partial charge in [-0.2, -0.15) is 0 Å². The topological polar surface area (TPSA) is 38.5 Å². The monoisotopic (exact) mass is 262 g/mol. The Kier molecular flexibility index (Phi) is 4.97. The van der Waals surface area contributed by atoms with E-state index in [0.29, 0.717) is 12.1 Å². The highest BCUT2D eigenvalue weighted by Crippen LogP contribution is 2.29. The van der Waals surface area contributed by atoms with Crippen molar-refractivity contribution in [3.05, 3.63) is 35.4 Å². The fourth-order valence-corrected chi connectivity index (χ4v) is 3.14. The van der Waals surface area contributed by atoms with Gasteiger partial charge in [0.15, 0.2) is 0 Å². The minimum absolute atomic E-state index is 0.122. The van der Waals surface area contributed by atoms with Crippen molar-refractivity contribution >= 4 is 0 Å². The molecule has 1 heterocycles. The average molecular weight is 262 g/mol. The molecule has 106 valence electrons. The van der Waals surface area contributed by atoms with Crippen LogP contribution in [0.2, 0.25) is 0 Å². The van der Waals surface area contributed by atoms with E-state index in [0.717, 1.165) is 19.5 Å². The molecule has 2 rings (SSSR count). The number of piperidine rings is 1. The number of benzene rings is 1. The molecule has 0 aliphatic carbocycles. The summed E-state index contributed by atoms with van der Waals surface area (Å²) in [6.45, 7) is 6.37. The first-order valence-electron chi connectivity index (χ1n) is 7.21. The molecule has 3 unspecified atom stereocenters. The number of nitrogens with zero attached hydrogens (tertiary/aromatic N) is 1. The zero-order valence-corrected chi connectivity index (χ0v) is 12.3. The van der Waals surface area contributed by atoms with Crippen LogP contribution in [0.4, 0.5) is 0 Å². The van der Waals surface area contributed by atoms with Crippen LogP contribution < -0.4 is 5.73 Å². The van der Waals surface area contributed by atoms with Gasteiger partial charge in [-0.3, -0.25) is 4.90 Å². The van der Waals surface area contributed by atoms with E-state index in [1.54, 1.807) is 0 Å². The SMILES string of the molecule is COC1CCCN(C(c2ccccc2C)C(C)N)C1. The number of nitrogens with two attached hydrogens (primary N) is 1. The lowest BCUT2D eigenvalue weighted by Crippen LogP contribution is -2.46. The van der Waals surface area contributed by atoms with Gasteiger partial charge in [0.1, 0.15) is 0 Å². The minimum Gasteiger partial charge on any atom is -0.380 e. The maximum Gasteiger partial charge on any atom is 0.0698 e. The maximum absolute atomic E-state index is 6.27. The Morgan fingerprint density at radius 2 is 2.11 bits per heavy atom. The molecule has 0 saturated carbocycles. The maximum atomic E-state index is 6.27. The van der Waals surface area contributed by atoms with Crippen LogP contribution in [0.1, 0.15) is 36.9 Å². The number of methoxy groups -OCH3 is 1. The lowest BCUT2D eigenvalue weighted by Gasteiger charge is -2.40. The largest absolute Gasteiger partial charge is 0.380 e. The van der Waals surface area contributed by atoms with Crippen molar-refractivity contribution < 1.29 is 4.74 Å². The molecular formula is C16H26N2O. The van der Waals surface area contributed by atoms with Crippen LogP contribution in [-0.2, 0) is 4.74 Å². The number of aryl methyl sites for hydroxylation is 1. The lowest BCUT2D eigenvalue weighted by atomic mass is 9.93. The Morgan fingerprint density at radius 1 is 1.37 bits per heavy atom. The number of ether oxygens (including phenoxy) is 1. The van der Waals surface area contributed by atoms with Crippen molar-refractivity contribution in [3.63, 3.8) is 0 Å². The first-order chi connectivity index (χ1) is 9.13. The Hall–Kier alpha value is -0.900. The second kappa shape index (κ2) is 6.51. The molecule has 3 nitrogen and oxygen atoms in total. The molecule has 1 aromatic rings. The highest BCUT2D eigenvalue weighted by molar-refractivity contribution is 5.30. The molecule has 1 saturated heterocycles. The van der Waals surface area contributed by atoms with Crippen molar-refractivity contribution in [2.75, 3.05) is 20.2 Å². The summed E-state index contributed by atoms with van der Waals surface area (Å²) in [5, 5.41) is 0. The van der Waals surface area contributed by atoms with E-state index in [-0.39, 0.29) is 6.04 Å². The van der Waals surface area contributed by atoms with Crippen molar-refractivity contribution in [1.82, 2.24) is 4.90 Å². The third kappa shape index (κ3) is 3.35. The van der Waals surface area contributed by atoms with E-state index in [4.69, 9.17) is 10.5 Å². The van der Waals surface area contributed by atoms with Gasteiger partial charge in [0.25, 0.3) is 0 Å². The summed E-state index contributed by atoms with van der Waals surface area (Å²) in [5.41, 5.74) is 8.95. The standard InChI is InChI=1S/C16H26N2O/c1-12-7-4-5-9-15(12)16(13(2)17)18-10-6-8-14(11-18)19-3/h4-5,7,9,13-14,16H,6,8,10-11,17H2,1-3H3. The summed E-state index contributed by atoms with van der Waals surface area (Å²) in [4.78, 5) is 2.49. The zero-order chi connectivity index (χ0) is 13.8. The van der Waals surface area contributed by atoms with Crippen molar-refractivity contribution in [1.29, 1.82) is 0 Å². The van der Waals surface area contributed by atoms with Crippen LogP contribution in [-0.4, -0.2) is 37.2 Å². The van der Waals surface area contributed by atoms with Crippen LogP contribution in [0.5, 0.6) is 0 Å². The van der Waals surface area contributed by atoms with Crippen molar-refractivity contribution in [3.8, 4) is 0 Å². The summed E-state index contributed by atoms with van der Waals surface area (Å²) in [7, 11) is 1.81. The number of rotatable bonds is 4. The van der Waals surface area contributed by atoms with Crippen LogP contribution >= 0.6 is 0 Å². The Morgan fingerprint density at radius 3 is 2.74 bits per heavy atom. The third-order valence-corrected chi connectivity index (χ3v) is 4.14. The third-order valence-electron chi connectivity index (χ3n) is 4.14. The van der Waals surface area contributed by atoms with E-state index in [9.17, 15) is 0 Å². The number of hydrogen-bond donors (Lipinski definition) is 1. The quantitative estimate of drug-likeness (QED) is 0.906. The van der Waals surface area contributed by atoms with Crippen molar-refractivity contribution in [2.45, 2.75) is 44.9 Å². The normalized spacial score (nSPS) is 24.1. The van der Waals surface area contributed by atoms with Gasteiger partial charge in [0.2, 0.25) is 0 Å². The smallest absolute Gasteiger partial charge is 0.0698 e. The summed E-state index contributed by atoms with van der Waals surface area (Å²) < 4.78 is 5.53. The first kappa shape index (κ1) is 14.5. The molecule has 1 fully saturated rings. The van der Waals surface area contributed by atoms with E-state index in [1.807, 2.05) is 7.11 Å². The van der Waals surface area contributed by atoms with Gasteiger partial charge in [-0.05, 0) is 44.4 Å². The predicted octanol–water partition coefficient (Wildman–Crippen LogP) is 2.49. The number of likely N-dealkylation sites (tertiary alicyclic amines) is 1. The van der Waals surface area contributed by atoms with E-state index < -0.39 is 0 Å². The van der Waals surface area contributed by atoms with Gasteiger partial charge in [-0.1, -0.05) is 24.3 Å². The van der Waals surface area contributed by atoms with E-state index in [1.165, 1.54) is 17.5 Å². The Labute approximate surface area is 116 Å². The van der Waals surface area contributed by atoms with E-state index in [2.05, 4.69) is 43.0 Å². The molecule has 1 aliphatic heterocycles. The first-order valence-corrected chi connectivity index (χ1v) is 7.21. The van der Waals surface area contributed by atoms with Gasteiger partial charge >= 0.3 is 0 Å². The van der Waals surface area contributed by atoms with E-state index >= 15 is 0 Å². The van der Waals surface area contributed by atoms with Crippen molar-refractivity contribution in [2.24, 2.45) is 5.73 Å². The summed E-state index contributed by atoms with van der Waals surface area (Å²) in [5.74, 6) is 0. The van der Waals surface area contributed by atoms with Crippen LogP contribution in [0.25, 0.3) is 0 Å². The highest BCUT2D eigenvalue weighted by Gasteiger charge is 2.29. The molecule has 0 radical (unpaired) electrons. The van der Waals surface area contributed by atoms with Crippen LogP contribution in [0.3, 0.4) is 0 Å². The molecule has 0 aromatic heterocycles. The summed E-state index contributed by atoms with van der Waals surface area (Å²) in [6.07, 6.45) is 2.69. The molecule has 2 N–H and O–H groups in total. The van der Waals surface area contributed by atoms with Gasteiger partial charge in [0.05, 0.1) is 6.10 Å². The molecule has 0 spiro atoms. The van der Waals surface area contributed by atoms with Gasteiger partial charge in [-0.25, -0.2) is 0 Å². The zero-order valence-electron chi connectivity index (χ0n) is 12.3. The highest BCUT2D eigenvalue weighted by atomic mass is 16.5. The summed E-state index contributed by atoms with van der Waals surface area (Å²) in [6, 6.07) is 8.99. The molecule has 0 amide bonds. The molecule has 1 aliphatic rings. The second-order valence-corrected chi connectivity index (χ2v) is 5.66. The van der Waals surface area contributed by atoms with Crippen LogP contribution in [0.15, 0.2) is 24.3 Å². The van der Waals surface area contributed by atoms with Crippen LogP contribution in [0, 0.1) is 6.92 Å². The predicted molar refractivity (Wildman–Crippen MR) is 79.2 cm³/mol. The van der Waals surface area contributed by atoms with Gasteiger partial charge in [-0.15, -0.1) is 0 Å². The molecule has 0 bridgehead atoms. The molecular weight excluding hydrogens is 236 g/mol. The molecule has 3 atom stereocenters. The number of hydrogen-bond acceptors (Lipinski definition) is 3. The summed E-state index contributed by atoms with van der Waals surface area (Å²) >= 11 is 0. The van der Waals surface area contributed by atoms with Gasteiger partial charge < -0.3 is 10.5 Å².